The summed E-state index contributed by atoms with van der Waals surface area (Å²) in [5, 5.41) is 0.568. The molecule has 2 aromatic heterocycles. The zero-order valence-corrected chi connectivity index (χ0v) is 14.9. The van der Waals surface area contributed by atoms with Gasteiger partial charge in [0.15, 0.2) is 5.65 Å². The van der Waals surface area contributed by atoms with Gasteiger partial charge in [0, 0.05) is 11.6 Å². The first kappa shape index (κ1) is 18.0. The van der Waals surface area contributed by atoms with Gasteiger partial charge in [-0.15, -0.1) is 0 Å². The molecule has 0 saturated carbocycles. The first-order valence-electron chi connectivity index (χ1n) is 8.53. The van der Waals surface area contributed by atoms with Crippen molar-refractivity contribution in [3.63, 3.8) is 0 Å². The molecule has 28 heavy (non-hydrogen) atoms. The topological polar surface area (TPSA) is 35.0 Å². The Kier molecular flexibility index (Phi) is 4.47. The monoisotopic (exact) mass is 380 g/mol. The largest absolute Gasteiger partial charge is 0.497 e. The fourth-order valence-corrected chi connectivity index (χ4v) is 3.11. The first-order valence-corrected chi connectivity index (χ1v) is 8.53. The fraction of sp³-hybridized carbons (Fsp3) is 0.0909. The van der Waals surface area contributed by atoms with E-state index in [2.05, 4.69) is 9.97 Å². The summed E-state index contributed by atoms with van der Waals surface area (Å²) in [7, 11) is 1.61. The number of benzene rings is 2. The van der Waals surface area contributed by atoms with E-state index in [-0.39, 0.29) is 5.65 Å². The molecule has 0 radical (unpaired) electrons. The van der Waals surface area contributed by atoms with E-state index in [1.54, 1.807) is 13.2 Å². The van der Waals surface area contributed by atoms with E-state index in [4.69, 9.17) is 4.74 Å². The van der Waals surface area contributed by atoms with Crippen molar-refractivity contribution in [3.8, 4) is 28.0 Å². The van der Waals surface area contributed by atoms with Crippen molar-refractivity contribution in [1.29, 1.82) is 0 Å². The highest BCUT2D eigenvalue weighted by atomic mass is 19.4. The summed E-state index contributed by atoms with van der Waals surface area (Å²) >= 11 is 0. The molecule has 6 heteroatoms. The van der Waals surface area contributed by atoms with Gasteiger partial charge in [0.1, 0.15) is 11.4 Å². The van der Waals surface area contributed by atoms with Gasteiger partial charge in [-0.3, -0.25) is 0 Å². The standard InChI is InChI=1S/C22H15F3N2O/c1-28-17-7-3-5-15(13-17)14-4-2-6-16(12-14)18-10-11-26-21-19(18)8-9-20(27-21)22(23,24)25/h2-13H,1H3. The number of nitrogens with zero attached hydrogens (tertiary/aromatic N) is 2. The molecule has 0 aliphatic rings. The predicted molar refractivity (Wildman–Crippen MR) is 102 cm³/mol. The molecule has 0 unspecified atom stereocenters. The van der Waals surface area contributed by atoms with E-state index in [0.717, 1.165) is 34.1 Å². The second kappa shape index (κ2) is 6.96. The molecule has 0 amide bonds. The molecule has 0 aliphatic heterocycles. The van der Waals surface area contributed by atoms with E-state index in [0.29, 0.717) is 5.39 Å². The van der Waals surface area contributed by atoms with Crippen molar-refractivity contribution in [2.75, 3.05) is 7.11 Å². The van der Waals surface area contributed by atoms with E-state index in [1.807, 2.05) is 48.5 Å². The molecule has 0 fully saturated rings. The smallest absolute Gasteiger partial charge is 0.433 e. The third-order valence-electron chi connectivity index (χ3n) is 4.47. The van der Waals surface area contributed by atoms with Gasteiger partial charge in [0.2, 0.25) is 0 Å². The number of halogens is 3. The Morgan fingerprint density at radius 1 is 0.821 bits per heavy atom. The van der Waals surface area contributed by atoms with Gasteiger partial charge in [-0.25, -0.2) is 9.97 Å². The Hall–Kier alpha value is -3.41. The number of hydrogen-bond donors (Lipinski definition) is 0. The summed E-state index contributed by atoms with van der Waals surface area (Å²) in [5.74, 6) is 0.751. The number of aromatic nitrogens is 2. The molecule has 3 nitrogen and oxygen atoms in total. The second-order valence-corrected chi connectivity index (χ2v) is 6.24. The Morgan fingerprint density at radius 3 is 2.29 bits per heavy atom. The Bertz CT molecular complexity index is 1160. The van der Waals surface area contributed by atoms with Crippen LogP contribution >= 0.6 is 0 Å². The van der Waals surface area contributed by atoms with Gasteiger partial charge in [-0.1, -0.05) is 30.3 Å². The number of alkyl halides is 3. The Balaban J connectivity index is 1.82. The molecule has 0 atom stereocenters. The van der Waals surface area contributed by atoms with Crippen LogP contribution < -0.4 is 4.74 Å². The third kappa shape index (κ3) is 3.41. The molecule has 0 bridgehead atoms. The van der Waals surface area contributed by atoms with Crippen LogP contribution in [-0.2, 0) is 6.18 Å². The Morgan fingerprint density at radius 2 is 1.54 bits per heavy atom. The molecule has 4 rings (SSSR count). The van der Waals surface area contributed by atoms with Crippen LogP contribution in [0.3, 0.4) is 0 Å². The minimum absolute atomic E-state index is 0.0686. The summed E-state index contributed by atoms with van der Waals surface area (Å²) < 4.78 is 44.1. The number of fused-ring (bicyclic) bond motifs is 1. The van der Waals surface area contributed by atoms with Crippen molar-refractivity contribution >= 4 is 11.0 Å². The van der Waals surface area contributed by atoms with Crippen LogP contribution in [0.5, 0.6) is 5.75 Å². The number of pyridine rings is 2. The summed E-state index contributed by atoms with van der Waals surface area (Å²) in [6, 6.07) is 19.7. The van der Waals surface area contributed by atoms with Crippen LogP contribution in [0.15, 0.2) is 72.9 Å². The lowest BCUT2D eigenvalue weighted by atomic mass is 9.97. The van der Waals surface area contributed by atoms with Gasteiger partial charge in [-0.2, -0.15) is 13.2 Å². The zero-order chi connectivity index (χ0) is 19.7. The van der Waals surface area contributed by atoms with Crippen LogP contribution in [0.2, 0.25) is 0 Å². The minimum Gasteiger partial charge on any atom is -0.497 e. The zero-order valence-electron chi connectivity index (χ0n) is 14.9. The lowest BCUT2D eigenvalue weighted by Crippen LogP contribution is -2.08. The van der Waals surface area contributed by atoms with Crippen molar-refractivity contribution in [2.45, 2.75) is 6.18 Å². The highest BCUT2D eigenvalue weighted by molar-refractivity contribution is 5.93. The number of methoxy groups -OCH3 is 1. The molecule has 0 N–H and O–H groups in total. The molecule has 0 saturated heterocycles. The number of rotatable bonds is 3. The van der Waals surface area contributed by atoms with Crippen LogP contribution in [0, 0.1) is 0 Å². The summed E-state index contributed by atoms with van der Waals surface area (Å²) in [4.78, 5) is 7.70. The summed E-state index contributed by atoms with van der Waals surface area (Å²) in [6.07, 6.45) is -3.03. The third-order valence-corrected chi connectivity index (χ3v) is 4.47. The van der Waals surface area contributed by atoms with Gasteiger partial charge in [0.05, 0.1) is 7.11 Å². The maximum atomic E-state index is 12.9. The second-order valence-electron chi connectivity index (χ2n) is 6.24. The molecule has 0 aliphatic carbocycles. The lowest BCUT2D eigenvalue weighted by molar-refractivity contribution is -0.141. The predicted octanol–water partition coefficient (Wildman–Crippen LogP) is 5.99. The van der Waals surface area contributed by atoms with Crippen LogP contribution in [0.4, 0.5) is 13.2 Å². The molecule has 140 valence electrons. The average Bonchev–Trinajstić information content (AvgIpc) is 2.72. The van der Waals surface area contributed by atoms with Gasteiger partial charge < -0.3 is 4.74 Å². The molecule has 2 aromatic carbocycles. The molecule has 4 aromatic rings. The average molecular weight is 380 g/mol. The maximum absolute atomic E-state index is 12.9. The van der Waals surface area contributed by atoms with Crippen molar-refractivity contribution in [3.05, 3.63) is 78.6 Å². The van der Waals surface area contributed by atoms with Gasteiger partial charge in [0.25, 0.3) is 0 Å². The van der Waals surface area contributed by atoms with E-state index >= 15 is 0 Å². The fourth-order valence-electron chi connectivity index (χ4n) is 3.11. The first-order chi connectivity index (χ1) is 13.5. The number of ether oxygens (including phenoxy) is 1. The van der Waals surface area contributed by atoms with Gasteiger partial charge >= 0.3 is 6.18 Å². The minimum atomic E-state index is -4.50. The van der Waals surface area contributed by atoms with Crippen molar-refractivity contribution < 1.29 is 17.9 Å². The van der Waals surface area contributed by atoms with E-state index in [1.165, 1.54) is 12.3 Å². The van der Waals surface area contributed by atoms with Crippen LogP contribution in [-0.4, -0.2) is 17.1 Å². The summed E-state index contributed by atoms with van der Waals surface area (Å²) in [6.45, 7) is 0. The normalized spacial score (nSPS) is 11.6. The Labute approximate surface area is 159 Å². The lowest BCUT2D eigenvalue weighted by Gasteiger charge is -2.11. The van der Waals surface area contributed by atoms with Gasteiger partial charge in [-0.05, 0) is 58.7 Å². The van der Waals surface area contributed by atoms with E-state index in [9.17, 15) is 13.2 Å². The van der Waals surface area contributed by atoms with Crippen LogP contribution in [0.1, 0.15) is 5.69 Å². The SMILES string of the molecule is COc1cccc(-c2cccc(-c3ccnc4nc(C(F)(F)F)ccc34)c2)c1. The number of hydrogen-bond acceptors (Lipinski definition) is 3. The quantitative estimate of drug-likeness (QED) is 0.438. The van der Waals surface area contributed by atoms with Crippen molar-refractivity contribution in [1.82, 2.24) is 9.97 Å². The van der Waals surface area contributed by atoms with Crippen molar-refractivity contribution in [2.24, 2.45) is 0 Å². The van der Waals surface area contributed by atoms with E-state index < -0.39 is 11.9 Å². The highest BCUT2D eigenvalue weighted by Gasteiger charge is 2.32. The maximum Gasteiger partial charge on any atom is 0.433 e. The molecular formula is C22H15F3N2O. The summed E-state index contributed by atoms with van der Waals surface area (Å²) in [5.41, 5.74) is 2.72. The molecule has 2 heterocycles. The van der Waals surface area contributed by atoms with Crippen LogP contribution in [0.25, 0.3) is 33.3 Å². The molecule has 0 spiro atoms. The highest BCUT2D eigenvalue weighted by Crippen LogP contribution is 2.33. The molecular weight excluding hydrogens is 365 g/mol.